The average molecular weight is 156 g/mol. The van der Waals surface area contributed by atoms with Gasteiger partial charge in [0.2, 0.25) is 0 Å². The average Bonchev–Trinajstić information content (AvgIpc) is 2.00. The highest BCUT2D eigenvalue weighted by Crippen LogP contribution is 2.11. The molecule has 0 spiro atoms. The van der Waals surface area contributed by atoms with Crippen LogP contribution in [0.2, 0.25) is 0 Å². The molecule has 0 aromatic carbocycles. The van der Waals surface area contributed by atoms with E-state index in [1.807, 2.05) is 11.8 Å². The Morgan fingerprint density at radius 2 is 2.00 bits per heavy atom. The summed E-state index contributed by atoms with van der Waals surface area (Å²) in [5.74, 6) is 1.08. The van der Waals surface area contributed by atoms with E-state index in [4.69, 9.17) is 0 Å². The standard InChI is InChI=1S/C7H8S2/c1-2-4-8-6-7-9-5-3-1/h1-4,6-7H,5H2. The number of allylic oxidation sites excluding steroid dienone is 2. The molecule has 0 saturated carbocycles. The van der Waals surface area contributed by atoms with Gasteiger partial charge in [-0.3, -0.25) is 0 Å². The lowest BCUT2D eigenvalue weighted by Gasteiger charge is -1.81. The fraction of sp³-hybridized carbons (Fsp3) is 0.143. The van der Waals surface area contributed by atoms with E-state index in [0.29, 0.717) is 0 Å². The smallest absolute Gasteiger partial charge is 0.0158 e. The van der Waals surface area contributed by atoms with Gasteiger partial charge in [0.25, 0.3) is 0 Å². The fourth-order valence-corrected chi connectivity index (χ4v) is 1.63. The van der Waals surface area contributed by atoms with Crippen molar-refractivity contribution in [3.05, 3.63) is 34.5 Å². The third-order valence-electron chi connectivity index (χ3n) is 0.827. The third kappa shape index (κ3) is 3.49. The highest BCUT2D eigenvalue weighted by Gasteiger charge is 1.77. The van der Waals surface area contributed by atoms with Crippen LogP contribution in [0.5, 0.6) is 0 Å². The zero-order valence-electron chi connectivity index (χ0n) is 4.99. The first-order valence-electron chi connectivity index (χ1n) is 2.74. The predicted octanol–water partition coefficient (Wildman–Crippen LogP) is 3.01. The van der Waals surface area contributed by atoms with E-state index >= 15 is 0 Å². The number of hydrogen-bond acceptors (Lipinski definition) is 2. The molecular weight excluding hydrogens is 148 g/mol. The van der Waals surface area contributed by atoms with Gasteiger partial charge in [-0.15, -0.1) is 23.5 Å². The first kappa shape index (κ1) is 7.03. The first-order chi connectivity index (χ1) is 4.50. The Morgan fingerprint density at radius 1 is 1.00 bits per heavy atom. The number of thioether (sulfide) groups is 2. The van der Waals surface area contributed by atoms with Crippen LogP contribution in [-0.2, 0) is 0 Å². The first-order valence-corrected chi connectivity index (χ1v) is 4.73. The van der Waals surface area contributed by atoms with Crippen molar-refractivity contribution in [1.82, 2.24) is 0 Å². The van der Waals surface area contributed by atoms with E-state index in [-0.39, 0.29) is 0 Å². The van der Waals surface area contributed by atoms with E-state index in [2.05, 4.69) is 34.5 Å². The van der Waals surface area contributed by atoms with E-state index in [9.17, 15) is 0 Å². The summed E-state index contributed by atoms with van der Waals surface area (Å²) in [7, 11) is 0. The Balaban J connectivity index is 2.43. The van der Waals surface area contributed by atoms with E-state index in [1.165, 1.54) is 0 Å². The predicted molar refractivity (Wildman–Crippen MR) is 47.5 cm³/mol. The van der Waals surface area contributed by atoms with Gasteiger partial charge < -0.3 is 0 Å². The van der Waals surface area contributed by atoms with Crippen molar-refractivity contribution in [1.29, 1.82) is 0 Å². The molecule has 0 aliphatic carbocycles. The second-order valence-corrected chi connectivity index (χ2v) is 3.25. The van der Waals surface area contributed by atoms with Crippen molar-refractivity contribution in [2.45, 2.75) is 0 Å². The fourth-order valence-electron chi connectivity index (χ4n) is 0.453. The zero-order chi connectivity index (χ0) is 6.36. The van der Waals surface area contributed by atoms with Gasteiger partial charge >= 0.3 is 0 Å². The molecule has 0 atom stereocenters. The molecule has 48 valence electrons. The van der Waals surface area contributed by atoms with Crippen LogP contribution in [0.25, 0.3) is 0 Å². The zero-order valence-corrected chi connectivity index (χ0v) is 6.62. The molecule has 0 fully saturated rings. The SMILES string of the molecule is C1=CCSC=CSC=C1. The summed E-state index contributed by atoms with van der Waals surface area (Å²) in [6.07, 6.45) is 6.28. The van der Waals surface area contributed by atoms with Crippen molar-refractivity contribution in [3.8, 4) is 0 Å². The van der Waals surface area contributed by atoms with Gasteiger partial charge in [0, 0.05) is 5.75 Å². The summed E-state index contributed by atoms with van der Waals surface area (Å²) in [5, 5.41) is 6.28. The van der Waals surface area contributed by atoms with Crippen molar-refractivity contribution < 1.29 is 0 Å². The molecule has 2 heteroatoms. The second kappa shape index (κ2) is 4.77. The van der Waals surface area contributed by atoms with Crippen LogP contribution in [-0.4, -0.2) is 5.75 Å². The molecule has 9 heavy (non-hydrogen) atoms. The molecule has 1 aliphatic rings. The molecule has 0 aromatic heterocycles. The van der Waals surface area contributed by atoms with Gasteiger partial charge in [-0.2, -0.15) is 0 Å². The highest BCUT2D eigenvalue weighted by molar-refractivity contribution is 8.07. The van der Waals surface area contributed by atoms with Crippen molar-refractivity contribution >= 4 is 23.5 Å². The van der Waals surface area contributed by atoms with Crippen LogP contribution in [0.3, 0.4) is 0 Å². The van der Waals surface area contributed by atoms with Crippen LogP contribution in [0.15, 0.2) is 34.5 Å². The van der Waals surface area contributed by atoms with Gasteiger partial charge in [0.15, 0.2) is 0 Å². The lowest BCUT2D eigenvalue weighted by Crippen LogP contribution is -1.61. The normalized spacial score (nSPS) is 18.7. The number of rotatable bonds is 0. The van der Waals surface area contributed by atoms with Gasteiger partial charge in [-0.25, -0.2) is 0 Å². The highest BCUT2D eigenvalue weighted by atomic mass is 32.2. The minimum Gasteiger partial charge on any atom is -0.129 e. The molecular formula is C7H8S2. The maximum absolute atomic E-state index is 2.15. The summed E-state index contributed by atoms with van der Waals surface area (Å²) in [4.78, 5) is 0. The summed E-state index contributed by atoms with van der Waals surface area (Å²) < 4.78 is 0. The molecule has 0 radical (unpaired) electrons. The Kier molecular flexibility index (Phi) is 3.72. The van der Waals surface area contributed by atoms with Gasteiger partial charge in [0.1, 0.15) is 0 Å². The third-order valence-corrected chi connectivity index (χ3v) is 2.32. The van der Waals surface area contributed by atoms with Gasteiger partial charge in [-0.05, 0) is 16.2 Å². The molecule has 0 bridgehead atoms. The molecule has 0 amide bonds. The summed E-state index contributed by atoms with van der Waals surface area (Å²) in [6.45, 7) is 0. The Hall–Kier alpha value is -0.0800. The van der Waals surface area contributed by atoms with Gasteiger partial charge in [-0.1, -0.05) is 18.2 Å². The van der Waals surface area contributed by atoms with Crippen molar-refractivity contribution in [2.75, 3.05) is 5.75 Å². The monoisotopic (exact) mass is 156 g/mol. The summed E-state index contributed by atoms with van der Waals surface area (Å²) >= 11 is 3.52. The Bertz CT molecular complexity index is 145. The molecule has 0 N–H and O–H groups in total. The molecule has 0 aromatic rings. The molecule has 1 aliphatic heterocycles. The second-order valence-electron chi connectivity index (χ2n) is 1.50. The van der Waals surface area contributed by atoms with Crippen LogP contribution in [0.4, 0.5) is 0 Å². The van der Waals surface area contributed by atoms with Crippen LogP contribution in [0, 0.1) is 0 Å². The van der Waals surface area contributed by atoms with E-state index in [0.717, 1.165) is 5.75 Å². The largest absolute Gasteiger partial charge is 0.129 e. The van der Waals surface area contributed by atoms with Crippen molar-refractivity contribution in [3.63, 3.8) is 0 Å². The number of hydrogen-bond donors (Lipinski definition) is 0. The molecule has 0 unspecified atom stereocenters. The quantitative estimate of drug-likeness (QED) is 0.529. The lowest BCUT2D eigenvalue weighted by molar-refractivity contribution is 1.77. The van der Waals surface area contributed by atoms with E-state index in [1.54, 1.807) is 11.8 Å². The van der Waals surface area contributed by atoms with Crippen molar-refractivity contribution in [2.24, 2.45) is 0 Å². The molecule has 0 saturated heterocycles. The summed E-state index contributed by atoms with van der Waals surface area (Å²) in [5.41, 5.74) is 0. The molecule has 0 nitrogen and oxygen atoms in total. The van der Waals surface area contributed by atoms with Crippen LogP contribution >= 0.6 is 23.5 Å². The topological polar surface area (TPSA) is 0 Å². The minimum absolute atomic E-state index is 1.08. The van der Waals surface area contributed by atoms with Crippen LogP contribution in [0.1, 0.15) is 0 Å². The Morgan fingerprint density at radius 3 is 3.00 bits per heavy atom. The van der Waals surface area contributed by atoms with Gasteiger partial charge in [0.05, 0.1) is 0 Å². The minimum atomic E-state index is 1.08. The lowest BCUT2D eigenvalue weighted by atomic mass is 10.5. The maximum atomic E-state index is 2.15. The van der Waals surface area contributed by atoms with Crippen LogP contribution < -0.4 is 0 Å². The summed E-state index contributed by atoms with van der Waals surface area (Å²) in [6, 6.07) is 0. The molecule has 1 heterocycles. The maximum Gasteiger partial charge on any atom is 0.0158 e. The van der Waals surface area contributed by atoms with E-state index < -0.39 is 0 Å². The molecule has 1 rings (SSSR count). The Labute approximate surface area is 64.1 Å².